The lowest BCUT2D eigenvalue weighted by Gasteiger charge is -2.30. The minimum atomic E-state index is -4.47. The van der Waals surface area contributed by atoms with Gasteiger partial charge in [-0.15, -0.1) is 0 Å². The first-order valence-electron chi connectivity index (χ1n) is 9.52. The monoisotopic (exact) mass is 401 g/mol. The van der Waals surface area contributed by atoms with E-state index >= 15 is 0 Å². The summed E-state index contributed by atoms with van der Waals surface area (Å²) in [6.45, 7) is 7.06. The molecule has 5 nitrogen and oxygen atoms in total. The van der Waals surface area contributed by atoms with Crippen LogP contribution in [0.1, 0.15) is 38.6 Å². The van der Waals surface area contributed by atoms with E-state index in [2.05, 4.69) is 23.9 Å². The highest BCUT2D eigenvalue weighted by Gasteiger charge is 2.35. The van der Waals surface area contributed by atoms with Gasteiger partial charge in [-0.1, -0.05) is 38.1 Å². The van der Waals surface area contributed by atoms with Crippen LogP contribution in [0.15, 0.2) is 36.5 Å². The Labute approximate surface area is 166 Å². The quantitative estimate of drug-likeness (QED) is 0.652. The highest BCUT2D eigenvalue weighted by molar-refractivity contribution is 6.02. The molecule has 0 atom stereocenters. The zero-order chi connectivity index (χ0) is 21.0. The maximum absolute atomic E-state index is 13.0. The van der Waals surface area contributed by atoms with Crippen molar-refractivity contribution in [2.75, 3.05) is 0 Å². The van der Waals surface area contributed by atoms with Crippen molar-refractivity contribution in [3.05, 3.63) is 47.9 Å². The summed E-state index contributed by atoms with van der Waals surface area (Å²) in [7, 11) is 0. The predicted molar refractivity (Wildman–Crippen MR) is 105 cm³/mol. The number of fused-ring (bicyclic) bond motifs is 1. The molecule has 0 saturated carbocycles. The van der Waals surface area contributed by atoms with Gasteiger partial charge in [-0.3, -0.25) is 4.68 Å². The average Bonchev–Trinajstić information content (AvgIpc) is 3.29. The maximum Gasteiger partial charge on any atom is 0.434 e. The molecule has 152 valence electrons. The molecule has 4 rings (SSSR count). The number of aryl methyl sites for hydroxylation is 2. The molecule has 29 heavy (non-hydrogen) atoms. The Hall–Kier alpha value is -2.90. The summed E-state index contributed by atoms with van der Waals surface area (Å²) in [5.74, 6) is 0.291. The zero-order valence-electron chi connectivity index (χ0n) is 16.5. The van der Waals surface area contributed by atoms with Gasteiger partial charge in [0.15, 0.2) is 5.69 Å². The van der Waals surface area contributed by atoms with Crippen molar-refractivity contribution in [2.24, 2.45) is 5.41 Å². The predicted octanol–water partition coefficient (Wildman–Crippen LogP) is 5.25. The first-order valence-corrected chi connectivity index (χ1v) is 9.52. The van der Waals surface area contributed by atoms with E-state index in [1.165, 1.54) is 4.57 Å². The summed E-state index contributed by atoms with van der Waals surface area (Å²) in [5, 5.41) is 13.0. The van der Waals surface area contributed by atoms with Crippen molar-refractivity contribution in [3.63, 3.8) is 0 Å². The number of rotatable bonds is 3. The second-order valence-electron chi connectivity index (χ2n) is 7.96. The van der Waals surface area contributed by atoms with E-state index in [9.17, 15) is 13.2 Å². The molecular formula is C21H22F3N5. The first-order chi connectivity index (χ1) is 13.6. The number of hydrogen-bond donors (Lipinski definition) is 1. The number of nitrogens with one attached hydrogen (secondary N) is 1. The van der Waals surface area contributed by atoms with Crippen molar-refractivity contribution in [1.29, 1.82) is 5.41 Å². The summed E-state index contributed by atoms with van der Waals surface area (Å²) >= 11 is 0. The van der Waals surface area contributed by atoms with Crippen LogP contribution < -0.4 is 0 Å². The molecule has 1 N–H and O–H groups in total. The van der Waals surface area contributed by atoms with Crippen LogP contribution in [0, 0.1) is 10.8 Å². The Bertz CT molecular complexity index is 1070. The first kappa shape index (κ1) is 19.4. The van der Waals surface area contributed by atoms with Crippen LogP contribution in [0.25, 0.3) is 22.6 Å². The van der Waals surface area contributed by atoms with Gasteiger partial charge in [-0.05, 0) is 19.4 Å². The molecule has 0 bridgehead atoms. The Morgan fingerprint density at radius 2 is 1.79 bits per heavy atom. The molecule has 3 heterocycles. The third kappa shape index (κ3) is 3.36. The van der Waals surface area contributed by atoms with Crippen molar-refractivity contribution >= 4 is 5.71 Å². The number of halogens is 3. The summed E-state index contributed by atoms with van der Waals surface area (Å²) in [6.07, 6.45) is -2.57. The molecule has 3 aromatic rings. The largest absolute Gasteiger partial charge is 0.434 e. The number of imidazole rings is 1. The van der Waals surface area contributed by atoms with Gasteiger partial charge in [-0.2, -0.15) is 18.3 Å². The third-order valence-corrected chi connectivity index (χ3v) is 5.51. The molecule has 8 heteroatoms. The number of hydrogen-bond acceptors (Lipinski definition) is 3. The fourth-order valence-electron chi connectivity index (χ4n) is 3.60. The topological polar surface area (TPSA) is 59.5 Å². The van der Waals surface area contributed by atoms with Crippen molar-refractivity contribution in [3.8, 4) is 22.6 Å². The van der Waals surface area contributed by atoms with Crippen LogP contribution in [-0.4, -0.2) is 25.0 Å². The minimum absolute atomic E-state index is 0.176. The van der Waals surface area contributed by atoms with E-state index < -0.39 is 11.9 Å². The SMILES string of the molecule is CCn1cc(C(F)(F)F)nc1-c1ccc(-c2cc3n(n2)CCC(C)(C)C3=N)cc1. The summed E-state index contributed by atoms with van der Waals surface area (Å²) in [5.41, 5.74) is 2.55. The number of alkyl halides is 3. The Balaban J connectivity index is 1.67. The number of nitrogens with zero attached hydrogens (tertiary/aromatic N) is 4. The molecule has 0 fully saturated rings. The second-order valence-corrected chi connectivity index (χ2v) is 7.96. The normalized spacial score (nSPS) is 16.1. The van der Waals surface area contributed by atoms with Crippen LogP contribution in [-0.2, 0) is 19.3 Å². The van der Waals surface area contributed by atoms with Crippen LogP contribution in [0.5, 0.6) is 0 Å². The Morgan fingerprint density at radius 1 is 1.14 bits per heavy atom. The molecule has 0 spiro atoms. The van der Waals surface area contributed by atoms with Crippen molar-refractivity contribution in [1.82, 2.24) is 19.3 Å². The molecule has 1 aliphatic rings. The zero-order valence-corrected chi connectivity index (χ0v) is 16.5. The van der Waals surface area contributed by atoms with E-state index in [1.807, 2.05) is 22.9 Å². The van der Waals surface area contributed by atoms with E-state index in [-0.39, 0.29) is 5.41 Å². The van der Waals surface area contributed by atoms with E-state index in [0.29, 0.717) is 23.6 Å². The highest BCUT2D eigenvalue weighted by atomic mass is 19.4. The maximum atomic E-state index is 13.0. The van der Waals surface area contributed by atoms with Crippen LogP contribution >= 0.6 is 0 Å². The summed E-state index contributed by atoms with van der Waals surface area (Å²) < 4.78 is 42.4. The Morgan fingerprint density at radius 3 is 2.41 bits per heavy atom. The fourth-order valence-corrected chi connectivity index (χ4v) is 3.60. The van der Waals surface area contributed by atoms with Crippen LogP contribution in [0.4, 0.5) is 13.2 Å². The van der Waals surface area contributed by atoms with E-state index in [1.54, 1.807) is 19.1 Å². The molecule has 1 aliphatic heterocycles. The van der Waals surface area contributed by atoms with Gasteiger partial charge in [0.05, 0.1) is 17.1 Å². The van der Waals surface area contributed by atoms with Gasteiger partial charge >= 0.3 is 6.18 Å². The lowest BCUT2D eigenvalue weighted by atomic mass is 9.80. The standard InChI is InChI=1S/C21H22F3N5/c1-4-28-12-17(21(22,23)24)26-19(28)14-7-5-13(6-8-14)15-11-16-18(25)20(2,3)9-10-29(16)27-15/h5-8,11-12,25H,4,9-10H2,1-3H3. The summed E-state index contributed by atoms with van der Waals surface area (Å²) in [6, 6.07) is 9.10. The minimum Gasteiger partial charge on any atom is -0.331 e. The molecule has 2 aromatic heterocycles. The molecular weight excluding hydrogens is 379 g/mol. The average molecular weight is 401 g/mol. The lowest BCUT2D eigenvalue weighted by Crippen LogP contribution is -2.33. The highest BCUT2D eigenvalue weighted by Crippen LogP contribution is 2.34. The molecule has 0 saturated heterocycles. The third-order valence-electron chi connectivity index (χ3n) is 5.51. The number of benzene rings is 1. The van der Waals surface area contributed by atoms with E-state index in [0.717, 1.165) is 36.1 Å². The van der Waals surface area contributed by atoms with Crippen molar-refractivity contribution in [2.45, 2.75) is 46.5 Å². The smallest absolute Gasteiger partial charge is 0.331 e. The van der Waals surface area contributed by atoms with Crippen LogP contribution in [0.2, 0.25) is 0 Å². The molecule has 1 aromatic carbocycles. The van der Waals surface area contributed by atoms with Crippen molar-refractivity contribution < 1.29 is 13.2 Å². The number of aromatic nitrogens is 4. The van der Waals surface area contributed by atoms with Gasteiger partial charge in [0, 0.05) is 35.8 Å². The van der Waals surface area contributed by atoms with E-state index in [4.69, 9.17) is 5.41 Å². The van der Waals surface area contributed by atoms with Gasteiger partial charge < -0.3 is 9.98 Å². The summed E-state index contributed by atoms with van der Waals surface area (Å²) in [4.78, 5) is 3.79. The fraction of sp³-hybridized carbons (Fsp3) is 0.381. The van der Waals surface area contributed by atoms with Gasteiger partial charge in [0.25, 0.3) is 0 Å². The van der Waals surface area contributed by atoms with Crippen LogP contribution in [0.3, 0.4) is 0 Å². The molecule has 0 amide bonds. The van der Waals surface area contributed by atoms with Gasteiger partial charge in [0.1, 0.15) is 5.82 Å². The van der Waals surface area contributed by atoms with Gasteiger partial charge in [0.2, 0.25) is 0 Å². The lowest BCUT2D eigenvalue weighted by molar-refractivity contribution is -0.140. The molecule has 0 unspecified atom stereocenters. The second kappa shape index (κ2) is 6.57. The molecule has 0 radical (unpaired) electrons. The Kier molecular flexibility index (Phi) is 4.40. The molecule has 0 aliphatic carbocycles. The van der Waals surface area contributed by atoms with Gasteiger partial charge in [-0.25, -0.2) is 4.98 Å².